The normalized spacial score (nSPS) is 10.6. The van der Waals surface area contributed by atoms with E-state index in [1.165, 1.54) is 23.5 Å². The molecule has 0 bridgehead atoms. The smallest absolute Gasteiger partial charge is 0.129 e. The van der Waals surface area contributed by atoms with E-state index >= 15 is 0 Å². The summed E-state index contributed by atoms with van der Waals surface area (Å²) in [5.74, 6) is 0.348. The van der Waals surface area contributed by atoms with E-state index in [4.69, 9.17) is 10.5 Å². The minimum absolute atomic E-state index is 0.287. The lowest BCUT2D eigenvalue weighted by atomic mass is 10.2. The number of aromatic nitrogens is 1. The number of halogens is 1. The van der Waals surface area contributed by atoms with E-state index in [2.05, 4.69) is 4.98 Å². The minimum atomic E-state index is -0.287. The van der Waals surface area contributed by atoms with Crippen LogP contribution in [0, 0.1) is 5.82 Å². The van der Waals surface area contributed by atoms with Crippen LogP contribution in [0.25, 0.3) is 10.6 Å². The summed E-state index contributed by atoms with van der Waals surface area (Å²) in [6.07, 6.45) is 1.76. The molecule has 0 atom stereocenters. The molecular formula is C13H15FN2OS. The Morgan fingerprint density at radius 3 is 3.00 bits per heavy atom. The first kappa shape index (κ1) is 13.0. The quantitative estimate of drug-likeness (QED) is 0.905. The number of rotatable bonds is 5. The number of hydrogen-bond donors (Lipinski definition) is 1. The van der Waals surface area contributed by atoms with Crippen molar-refractivity contribution < 1.29 is 9.13 Å². The second kappa shape index (κ2) is 5.93. The van der Waals surface area contributed by atoms with Gasteiger partial charge in [0.2, 0.25) is 0 Å². The van der Waals surface area contributed by atoms with Gasteiger partial charge in [0, 0.05) is 5.38 Å². The Bertz CT molecular complexity index is 527. The highest BCUT2D eigenvalue weighted by molar-refractivity contribution is 7.13. The van der Waals surface area contributed by atoms with Crippen molar-refractivity contribution in [2.45, 2.75) is 12.8 Å². The molecule has 0 saturated carbocycles. The molecule has 1 aromatic heterocycles. The zero-order valence-electron chi connectivity index (χ0n) is 10.1. The maximum Gasteiger partial charge on any atom is 0.129 e. The number of hydrogen-bond acceptors (Lipinski definition) is 4. The van der Waals surface area contributed by atoms with Crippen LogP contribution in [0.3, 0.4) is 0 Å². The third-order valence-corrected chi connectivity index (χ3v) is 3.51. The molecule has 0 fully saturated rings. The monoisotopic (exact) mass is 266 g/mol. The average Bonchev–Trinajstić information content (AvgIpc) is 2.85. The third-order valence-electron chi connectivity index (χ3n) is 2.58. The van der Waals surface area contributed by atoms with Crippen LogP contribution in [0.2, 0.25) is 0 Å². The number of nitrogens with zero attached hydrogens (tertiary/aromatic N) is 1. The molecule has 0 saturated heterocycles. The largest absolute Gasteiger partial charge is 0.496 e. The van der Waals surface area contributed by atoms with Gasteiger partial charge in [0.05, 0.1) is 18.4 Å². The van der Waals surface area contributed by atoms with Gasteiger partial charge in [-0.15, -0.1) is 11.3 Å². The van der Waals surface area contributed by atoms with E-state index in [1.807, 2.05) is 5.38 Å². The average molecular weight is 266 g/mol. The van der Waals surface area contributed by atoms with Gasteiger partial charge in [-0.25, -0.2) is 9.37 Å². The molecule has 2 N–H and O–H groups in total. The minimum Gasteiger partial charge on any atom is -0.496 e. The van der Waals surface area contributed by atoms with Gasteiger partial charge in [0.25, 0.3) is 0 Å². The fourth-order valence-corrected chi connectivity index (χ4v) is 2.55. The number of nitrogens with two attached hydrogens (primary N) is 1. The zero-order valence-corrected chi connectivity index (χ0v) is 11.0. The first-order chi connectivity index (χ1) is 8.74. The molecule has 96 valence electrons. The predicted molar refractivity (Wildman–Crippen MR) is 71.4 cm³/mol. The van der Waals surface area contributed by atoms with Crippen LogP contribution in [-0.4, -0.2) is 18.6 Å². The van der Waals surface area contributed by atoms with Crippen LogP contribution in [0.4, 0.5) is 4.39 Å². The lowest BCUT2D eigenvalue weighted by Gasteiger charge is -2.05. The fourth-order valence-electron chi connectivity index (χ4n) is 1.68. The SMILES string of the molecule is COc1ccc(F)cc1-c1nc(CCCN)cs1. The molecule has 0 aliphatic carbocycles. The van der Waals surface area contributed by atoms with Crippen LogP contribution in [0.1, 0.15) is 12.1 Å². The summed E-state index contributed by atoms with van der Waals surface area (Å²) >= 11 is 1.49. The van der Waals surface area contributed by atoms with Gasteiger partial charge in [-0.1, -0.05) is 0 Å². The number of methoxy groups -OCH3 is 1. The zero-order chi connectivity index (χ0) is 13.0. The topological polar surface area (TPSA) is 48.1 Å². The first-order valence-corrected chi connectivity index (χ1v) is 6.61. The molecule has 3 nitrogen and oxygen atoms in total. The van der Waals surface area contributed by atoms with Crippen LogP contribution in [0.15, 0.2) is 23.6 Å². The predicted octanol–water partition coefficient (Wildman–Crippen LogP) is 2.85. The van der Waals surface area contributed by atoms with Gasteiger partial charge in [-0.2, -0.15) is 0 Å². The molecule has 18 heavy (non-hydrogen) atoms. The molecule has 1 heterocycles. The van der Waals surface area contributed by atoms with E-state index in [-0.39, 0.29) is 5.82 Å². The Morgan fingerprint density at radius 2 is 2.28 bits per heavy atom. The third kappa shape index (κ3) is 2.86. The maximum absolute atomic E-state index is 13.3. The first-order valence-electron chi connectivity index (χ1n) is 5.73. The van der Waals surface area contributed by atoms with Crippen molar-refractivity contribution in [2.24, 2.45) is 5.73 Å². The van der Waals surface area contributed by atoms with Crippen LogP contribution in [-0.2, 0) is 6.42 Å². The standard InChI is InChI=1S/C13H15FN2OS/c1-17-12-5-4-9(14)7-11(12)13-16-10(8-18-13)3-2-6-15/h4-5,7-8H,2-3,6,15H2,1H3. The summed E-state index contributed by atoms with van der Waals surface area (Å²) in [7, 11) is 1.57. The Labute approximate surface area is 109 Å². The molecule has 5 heteroatoms. The van der Waals surface area contributed by atoms with Gasteiger partial charge in [0.15, 0.2) is 0 Å². The number of benzene rings is 1. The summed E-state index contributed by atoms with van der Waals surface area (Å²) in [5.41, 5.74) is 7.15. The summed E-state index contributed by atoms with van der Waals surface area (Å²) in [6, 6.07) is 4.45. The van der Waals surface area contributed by atoms with Crippen molar-refractivity contribution in [1.29, 1.82) is 0 Å². The van der Waals surface area contributed by atoms with Crippen LogP contribution < -0.4 is 10.5 Å². The van der Waals surface area contributed by atoms with Crippen LogP contribution >= 0.6 is 11.3 Å². The van der Waals surface area contributed by atoms with E-state index in [0.717, 1.165) is 23.5 Å². The molecule has 0 aliphatic rings. The molecule has 0 radical (unpaired) electrons. The molecule has 2 aromatic rings. The molecule has 0 amide bonds. The Kier molecular flexibility index (Phi) is 4.28. The van der Waals surface area contributed by atoms with Crippen molar-refractivity contribution in [2.75, 3.05) is 13.7 Å². The van der Waals surface area contributed by atoms with Crippen molar-refractivity contribution in [3.63, 3.8) is 0 Å². The lowest BCUT2D eigenvalue weighted by Crippen LogP contribution is -2.00. The molecule has 0 spiro atoms. The molecule has 2 rings (SSSR count). The summed E-state index contributed by atoms with van der Waals surface area (Å²) < 4.78 is 18.5. The van der Waals surface area contributed by atoms with Crippen LogP contribution in [0.5, 0.6) is 5.75 Å². The van der Waals surface area contributed by atoms with E-state index in [9.17, 15) is 4.39 Å². The van der Waals surface area contributed by atoms with Gasteiger partial charge in [0.1, 0.15) is 16.6 Å². The highest BCUT2D eigenvalue weighted by Gasteiger charge is 2.11. The van der Waals surface area contributed by atoms with Crippen molar-refractivity contribution in [3.05, 3.63) is 35.1 Å². The van der Waals surface area contributed by atoms with Gasteiger partial charge in [-0.3, -0.25) is 0 Å². The molecular weight excluding hydrogens is 251 g/mol. The molecule has 0 unspecified atom stereocenters. The second-order valence-electron chi connectivity index (χ2n) is 3.88. The van der Waals surface area contributed by atoms with Gasteiger partial charge < -0.3 is 10.5 Å². The highest BCUT2D eigenvalue weighted by Crippen LogP contribution is 2.32. The number of aryl methyl sites for hydroxylation is 1. The summed E-state index contributed by atoms with van der Waals surface area (Å²) in [4.78, 5) is 4.48. The highest BCUT2D eigenvalue weighted by atomic mass is 32.1. The van der Waals surface area contributed by atoms with E-state index in [0.29, 0.717) is 17.9 Å². The lowest BCUT2D eigenvalue weighted by molar-refractivity contribution is 0.415. The molecule has 1 aromatic carbocycles. The summed E-state index contributed by atoms with van der Waals surface area (Å²) in [5, 5.41) is 2.76. The van der Waals surface area contributed by atoms with Gasteiger partial charge >= 0.3 is 0 Å². The van der Waals surface area contributed by atoms with Crippen molar-refractivity contribution in [1.82, 2.24) is 4.98 Å². The summed E-state index contributed by atoms with van der Waals surface area (Å²) in [6.45, 7) is 0.649. The Morgan fingerprint density at radius 1 is 1.44 bits per heavy atom. The van der Waals surface area contributed by atoms with Gasteiger partial charge in [-0.05, 0) is 37.6 Å². The Hall–Kier alpha value is -1.46. The van der Waals surface area contributed by atoms with E-state index in [1.54, 1.807) is 13.2 Å². The van der Waals surface area contributed by atoms with Crippen molar-refractivity contribution >= 4 is 11.3 Å². The fraction of sp³-hybridized carbons (Fsp3) is 0.308. The number of ether oxygens (including phenoxy) is 1. The molecule has 0 aliphatic heterocycles. The van der Waals surface area contributed by atoms with E-state index < -0.39 is 0 Å². The maximum atomic E-state index is 13.3. The number of thiazole rings is 1. The Balaban J connectivity index is 2.30. The van der Waals surface area contributed by atoms with Crippen molar-refractivity contribution in [3.8, 4) is 16.3 Å². The second-order valence-corrected chi connectivity index (χ2v) is 4.74.